The molecule has 198 valence electrons. The van der Waals surface area contributed by atoms with Crippen LogP contribution < -0.4 is 9.80 Å². The zero-order valence-corrected chi connectivity index (χ0v) is 22.8. The number of amides is 1. The predicted molar refractivity (Wildman–Crippen MR) is 143 cm³/mol. The number of fused-ring (bicyclic) bond motifs is 1. The molecule has 5 rings (SSSR count). The molecule has 1 N–H and O–H groups in total. The highest BCUT2D eigenvalue weighted by Crippen LogP contribution is 2.41. The summed E-state index contributed by atoms with van der Waals surface area (Å²) in [4.78, 5) is 46.0. The van der Waals surface area contributed by atoms with Crippen LogP contribution in [0.3, 0.4) is 0 Å². The number of carbonyl (C=O) groups is 2. The second-order valence-electron chi connectivity index (χ2n) is 12.1. The van der Waals surface area contributed by atoms with Crippen LogP contribution >= 0.6 is 0 Å². The van der Waals surface area contributed by atoms with Crippen LogP contribution in [-0.4, -0.2) is 74.6 Å². The Bertz CT molecular complexity index is 1230. The Balaban J connectivity index is 1.37. The number of pyridine rings is 1. The number of nitrogens with zero attached hydrogens (tertiary/aromatic N) is 6. The van der Waals surface area contributed by atoms with E-state index < -0.39 is 11.5 Å². The molecule has 3 aliphatic rings. The van der Waals surface area contributed by atoms with Gasteiger partial charge in [-0.05, 0) is 52.2 Å². The van der Waals surface area contributed by atoms with Gasteiger partial charge in [0.05, 0.1) is 28.7 Å². The molecule has 1 saturated heterocycles. The molecule has 0 atom stereocenters. The molecule has 4 heterocycles. The molecule has 0 radical (unpaired) electrons. The second kappa shape index (κ2) is 8.96. The zero-order chi connectivity index (χ0) is 26.7. The quantitative estimate of drug-likeness (QED) is 0.665. The molecule has 0 aromatic carbocycles. The highest BCUT2D eigenvalue weighted by Gasteiger charge is 2.43. The van der Waals surface area contributed by atoms with Crippen molar-refractivity contribution in [3.05, 3.63) is 40.5 Å². The summed E-state index contributed by atoms with van der Waals surface area (Å²) >= 11 is 0. The number of hydrogen-bond acceptors (Lipinski definition) is 7. The Kier molecular flexibility index (Phi) is 6.15. The van der Waals surface area contributed by atoms with Crippen molar-refractivity contribution in [2.75, 3.05) is 36.0 Å². The van der Waals surface area contributed by atoms with Crippen LogP contribution in [0.2, 0.25) is 0 Å². The molecule has 0 unspecified atom stereocenters. The molecule has 2 aliphatic heterocycles. The van der Waals surface area contributed by atoms with E-state index in [1.807, 2.05) is 11.0 Å². The van der Waals surface area contributed by atoms with Crippen LogP contribution in [0.4, 0.5) is 11.6 Å². The maximum atomic E-state index is 13.7. The lowest BCUT2D eigenvalue weighted by Crippen LogP contribution is -2.61. The molecule has 0 bridgehead atoms. The van der Waals surface area contributed by atoms with E-state index in [0.29, 0.717) is 42.6 Å². The number of aromatic nitrogens is 3. The average Bonchev–Trinajstić information content (AvgIpc) is 3.43. The van der Waals surface area contributed by atoms with Gasteiger partial charge in [-0.2, -0.15) is 0 Å². The molecule has 2 aromatic heterocycles. The molecule has 1 saturated carbocycles. The lowest BCUT2D eigenvalue weighted by molar-refractivity contribution is 0.0506. The van der Waals surface area contributed by atoms with Gasteiger partial charge in [-0.15, -0.1) is 0 Å². The van der Waals surface area contributed by atoms with Crippen molar-refractivity contribution < 1.29 is 14.7 Å². The number of piperazine rings is 1. The Hall–Kier alpha value is -3.23. The topological polar surface area (TPSA) is 103 Å². The third-order valence-corrected chi connectivity index (χ3v) is 8.29. The summed E-state index contributed by atoms with van der Waals surface area (Å²) in [6.07, 6.45) is 6.58. The van der Waals surface area contributed by atoms with Gasteiger partial charge in [0.2, 0.25) is 0 Å². The van der Waals surface area contributed by atoms with E-state index in [9.17, 15) is 14.7 Å². The number of carboxylic acids is 1. The third kappa shape index (κ3) is 4.42. The second-order valence-corrected chi connectivity index (χ2v) is 12.1. The van der Waals surface area contributed by atoms with E-state index in [1.54, 1.807) is 20.0 Å². The largest absolute Gasteiger partial charge is 0.478 e. The molecule has 1 amide bonds. The third-order valence-electron chi connectivity index (χ3n) is 8.29. The minimum absolute atomic E-state index is 0.100. The number of carboxylic acid groups (broad SMARTS) is 1. The van der Waals surface area contributed by atoms with E-state index in [0.717, 1.165) is 23.9 Å². The molecular formula is C28H38N6O3. The Labute approximate surface area is 218 Å². The van der Waals surface area contributed by atoms with Crippen molar-refractivity contribution in [3.63, 3.8) is 0 Å². The van der Waals surface area contributed by atoms with Crippen LogP contribution in [0.1, 0.15) is 91.2 Å². The van der Waals surface area contributed by atoms with Gasteiger partial charge in [-0.1, -0.05) is 26.7 Å². The molecule has 2 aromatic rings. The standard InChI is InChI=1S/C28H38N6O3/c1-17-13-21(30-18(2)22(17)26(36)37)32-11-12-34(28(5,6)16-32)25(35)20-14-29-24-23(31-20)27(3,4)15-33(24)19-9-7-8-10-19/h13-14,19H,7-12,15-16H2,1-6H3,(H,36,37). The fourth-order valence-corrected chi connectivity index (χ4v) is 6.41. The van der Waals surface area contributed by atoms with E-state index >= 15 is 0 Å². The minimum Gasteiger partial charge on any atom is -0.478 e. The summed E-state index contributed by atoms with van der Waals surface area (Å²) in [5.41, 5.74) is 2.14. The molecule has 1 aliphatic carbocycles. The zero-order valence-electron chi connectivity index (χ0n) is 22.8. The highest BCUT2D eigenvalue weighted by atomic mass is 16.4. The average molecular weight is 507 g/mol. The fourth-order valence-electron chi connectivity index (χ4n) is 6.41. The molecule has 9 heteroatoms. The van der Waals surface area contributed by atoms with E-state index in [-0.39, 0.29) is 16.9 Å². The SMILES string of the molecule is Cc1cc(N2CCN(C(=O)c3cnc4c(n3)C(C)(C)CN4C3CCCC3)C(C)(C)C2)nc(C)c1C(=O)O. The number of aromatic carboxylic acids is 1. The maximum absolute atomic E-state index is 13.7. The van der Waals surface area contributed by atoms with Crippen molar-refractivity contribution in [2.24, 2.45) is 0 Å². The van der Waals surface area contributed by atoms with Crippen LogP contribution in [0.15, 0.2) is 12.3 Å². The summed E-state index contributed by atoms with van der Waals surface area (Å²) in [6, 6.07) is 2.35. The van der Waals surface area contributed by atoms with Gasteiger partial charge in [0.1, 0.15) is 11.5 Å². The number of hydrogen-bond donors (Lipinski definition) is 1. The van der Waals surface area contributed by atoms with Crippen molar-refractivity contribution >= 4 is 23.5 Å². The van der Waals surface area contributed by atoms with Crippen LogP contribution in [0.25, 0.3) is 0 Å². The summed E-state index contributed by atoms with van der Waals surface area (Å²) in [5.74, 6) is 0.622. The smallest absolute Gasteiger partial charge is 0.337 e. The fraction of sp³-hybridized carbons (Fsp3) is 0.607. The number of rotatable bonds is 4. The lowest BCUT2D eigenvalue weighted by Gasteiger charge is -2.47. The van der Waals surface area contributed by atoms with Crippen molar-refractivity contribution in [3.8, 4) is 0 Å². The monoisotopic (exact) mass is 506 g/mol. The minimum atomic E-state index is -0.963. The summed E-state index contributed by atoms with van der Waals surface area (Å²) in [6.45, 7) is 14.6. The van der Waals surface area contributed by atoms with Crippen LogP contribution in [0, 0.1) is 13.8 Å². The van der Waals surface area contributed by atoms with E-state index in [1.165, 1.54) is 25.7 Å². The Morgan fingerprint density at radius 2 is 1.73 bits per heavy atom. The van der Waals surface area contributed by atoms with Crippen LogP contribution in [0.5, 0.6) is 0 Å². The summed E-state index contributed by atoms with van der Waals surface area (Å²) in [5, 5.41) is 9.48. The number of aryl methyl sites for hydroxylation is 2. The first-order chi connectivity index (χ1) is 17.4. The lowest BCUT2D eigenvalue weighted by atomic mass is 9.91. The number of anilines is 2. The van der Waals surface area contributed by atoms with Crippen molar-refractivity contribution in [1.29, 1.82) is 0 Å². The first kappa shape index (κ1) is 25.4. The molecule has 0 spiro atoms. The maximum Gasteiger partial charge on any atom is 0.337 e. The van der Waals surface area contributed by atoms with Gasteiger partial charge in [-0.3, -0.25) is 4.79 Å². The van der Waals surface area contributed by atoms with Crippen LogP contribution in [-0.2, 0) is 5.41 Å². The van der Waals surface area contributed by atoms with Crippen molar-refractivity contribution in [1.82, 2.24) is 19.9 Å². The van der Waals surface area contributed by atoms with Gasteiger partial charge < -0.3 is 19.8 Å². The first-order valence-electron chi connectivity index (χ1n) is 13.3. The van der Waals surface area contributed by atoms with Gasteiger partial charge in [-0.25, -0.2) is 19.7 Å². The van der Waals surface area contributed by atoms with Gasteiger partial charge in [0.25, 0.3) is 5.91 Å². The normalized spacial score (nSPS) is 20.9. The van der Waals surface area contributed by atoms with E-state index in [4.69, 9.17) is 9.97 Å². The molecule has 37 heavy (non-hydrogen) atoms. The summed E-state index contributed by atoms with van der Waals surface area (Å²) in [7, 11) is 0. The number of carbonyl (C=O) groups excluding carboxylic acids is 1. The van der Waals surface area contributed by atoms with Gasteiger partial charge in [0.15, 0.2) is 5.82 Å². The van der Waals surface area contributed by atoms with Gasteiger partial charge >= 0.3 is 5.97 Å². The molecular weight excluding hydrogens is 468 g/mol. The van der Waals surface area contributed by atoms with E-state index in [2.05, 4.69) is 42.5 Å². The Morgan fingerprint density at radius 1 is 1.03 bits per heavy atom. The first-order valence-corrected chi connectivity index (χ1v) is 13.3. The summed E-state index contributed by atoms with van der Waals surface area (Å²) < 4.78 is 0. The predicted octanol–water partition coefficient (Wildman–Crippen LogP) is 3.97. The van der Waals surface area contributed by atoms with Gasteiger partial charge in [0, 0.05) is 37.6 Å². The Morgan fingerprint density at radius 3 is 2.35 bits per heavy atom. The van der Waals surface area contributed by atoms with Crippen molar-refractivity contribution in [2.45, 2.75) is 84.2 Å². The highest BCUT2D eigenvalue weighted by molar-refractivity contribution is 5.93. The molecule has 2 fully saturated rings. The molecule has 9 nitrogen and oxygen atoms in total.